The van der Waals surface area contributed by atoms with Crippen molar-refractivity contribution in [3.8, 4) is 11.4 Å². The van der Waals surface area contributed by atoms with Crippen LogP contribution in [0.15, 0.2) is 66.9 Å². The van der Waals surface area contributed by atoms with E-state index in [-0.39, 0.29) is 5.92 Å². The topological polar surface area (TPSA) is 76.4 Å². The minimum atomic E-state index is -0.907. The van der Waals surface area contributed by atoms with Crippen LogP contribution in [0.3, 0.4) is 0 Å². The van der Waals surface area contributed by atoms with Crippen LogP contribution in [0.4, 0.5) is 0 Å². The molecular weight excluding hydrogens is 521 g/mol. The van der Waals surface area contributed by atoms with Gasteiger partial charge in [-0.25, -0.2) is 9.48 Å². The molecule has 3 aromatic carbocycles. The molecule has 0 saturated heterocycles. The highest BCUT2D eigenvalue weighted by Crippen LogP contribution is 2.32. The summed E-state index contributed by atoms with van der Waals surface area (Å²) in [4.78, 5) is 11.2. The number of nitrogens with one attached hydrogen (secondary N) is 1. The third-order valence-corrected chi connectivity index (χ3v) is 7.05. The lowest BCUT2D eigenvalue weighted by Gasteiger charge is -2.16. The molecule has 0 spiro atoms. The van der Waals surface area contributed by atoms with E-state index in [1.54, 1.807) is 35.0 Å². The Morgan fingerprint density at radius 1 is 1.08 bits per heavy atom. The maximum Gasteiger partial charge on any atom is 0.335 e. The highest BCUT2D eigenvalue weighted by atomic mass is 35.5. The van der Waals surface area contributed by atoms with Crippen molar-refractivity contribution in [1.82, 2.24) is 15.1 Å². The van der Waals surface area contributed by atoms with Crippen LogP contribution in [-0.2, 0) is 19.6 Å². The predicted octanol–water partition coefficient (Wildman–Crippen LogP) is 7.22. The zero-order chi connectivity index (χ0) is 27.2. The third-order valence-electron chi connectivity index (χ3n) is 6.44. The molecule has 0 atom stereocenters. The van der Waals surface area contributed by atoms with Crippen molar-refractivity contribution >= 4 is 29.2 Å². The number of carbonyl (C=O) groups is 1. The van der Waals surface area contributed by atoms with Gasteiger partial charge in [0, 0.05) is 6.54 Å². The Hall–Kier alpha value is -3.32. The van der Waals surface area contributed by atoms with Crippen molar-refractivity contribution in [3.63, 3.8) is 0 Å². The van der Waals surface area contributed by atoms with Crippen molar-refractivity contribution in [2.45, 2.75) is 46.3 Å². The monoisotopic (exact) mass is 551 g/mol. The van der Waals surface area contributed by atoms with Gasteiger partial charge < -0.3 is 15.2 Å². The molecule has 1 heterocycles. The molecule has 0 radical (unpaired) electrons. The van der Waals surface area contributed by atoms with E-state index >= 15 is 0 Å². The van der Waals surface area contributed by atoms with E-state index in [2.05, 4.69) is 37.3 Å². The van der Waals surface area contributed by atoms with Crippen molar-refractivity contribution in [2.75, 3.05) is 6.54 Å². The Balaban J connectivity index is 1.40. The SMILES string of the molecule is Cc1cc(OCc2c(C(C)C)cnn2-c2c(Cl)cccc2Cl)ccc1CNCCc1cccc(C(=O)O)c1. The lowest BCUT2D eigenvalue weighted by molar-refractivity contribution is 0.0696. The summed E-state index contributed by atoms with van der Waals surface area (Å²) >= 11 is 12.9. The number of aromatic nitrogens is 2. The molecule has 4 aromatic rings. The van der Waals surface area contributed by atoms with Gasteiger partial charge in [0.05, 0.1) is 27.5 Å². The number of aromatic carboxylic acids is 1. The van der Waals surface area contributed by atoms with Crippen LogP contribution in [0.2, 0.25) is 10.0 Å². The summed E-state index contributed by atoms with van der Waals surface area (Å²) in [5, 5.41) is 18.2. The number of hydrogen-bond acceptors (Lipinski definition) is 4. The molecule has 1 aromatic heterocycles. The van der Waals surface area contributed by atoms with Crippen molar-refractivity contribution in [2.24, 2.45) is 0 Å². The number of aryl methyl sites for hydroxylation is 1. The minimum Gasteiger partial charge on any atom is -0.487 e. The fourth-order valence-corrected chi connectivity index (χ4v) is 4.88. The average Bonchev–Trinajstić information content (AvgIpc) is 3.30. The molecule has 0 aliphatic heterocycles. The van der Waals surface area contributed by atoms with Crippen LogP contribution in [0, 0.1) is 6.92 Å². The normalized spacial score (nSPS) is 11.2. The first-order chi connectivity index (χ1) is 18.2. The number of ether oxygens (including phenoxy) is 1. The molecule has 0 saturated carbocycles. The highest BCUT2D eigenvalue weighted by molar-refractivity contribution is 6.37. The number of para-hydroxylation sites is 1. The van der Waals surface area contributed by atoms with E-state index in [1.807, 2.05) is 30.5 Å². The Morgan fingerprint density at radius 2 is 1.82 bits per heavy atom. The summed E-state index contributed by atoms with van der Waals surface area (Å²) in [6, 6.07) is 18.5. The smallest absolute Gasteiger partial charge is 0.335 e. The molecule has 0 bridgehead atoms. The van der Waals surface area contributed by atoms with Gasteiger partial charge in [0.2, 0.25) is 0 Å². The number of benzene rings is 3. The maximum absolute atomic E-state index is 11.2. The van der Waals surface area contributed by atoms with Crippen LogP contribution >= 0.6 is 23.2 Å². The van der Waals surface area contributed by atoms with Gasteiger partial charge in [0.25, 0.3) is 0 Å². The fourth-order valence-electron chi connectivity index (χ4n) is 4.32. The zero-order valence-corrected chi connectivity index (χ0v) is 23.2. The molecule has 0 aliphatic rings. The number of rotatable bonds is 11. The van der Waals surface area contributed by atoms with E-state index in [0.29, 0.717) is 34.4 Å². The van der Waals surface area contributed by atoms with Crippen molar-refractivity contribution in [3.05, 3.63) is 110 Å². The molecule has 0 fully saturated rings. The molecule has 4 rings (SSSR count). The van der Waals surface area contributed by atoms with E-state index in [4.69, 9.17) is 33.0 Å². The molecule has 0 amide bonds. The second-order valence-electron chi connectivity index (χ2n) is 9.49. The first kappa shape index (κ1) is 27.7. The van der Waals surface area contributed by atoms with E-state index in [0.717, 1.165) is 41.1 Å². The Morgan fingerprint density at radius 3 is 2.50 bits per heavy atom. The molecule has 0 unspecified atom stereocenters. The molecule has 198 valence electrons. The van der Waals surface area contributed by atoms with Crippen LogP contribution < -0.4 is 10.1 Å². The standard InChI is InChI=1S/C30H31Cl2N3O3/c1-19(2)25-17-34-35(29-26(31)8-5-9-27(29)32)28(25)18-38-24-11-10-23(20(3)14-24)16-33-13-12-21-6-4-7-22(15-21)30(36)37/h4-11,14-15,17,19,33H,12-13,16,18H2,1-3H3,(H,36,37). The number of hydrogen-bond donors (Lipinski definition) is 2. The van der Waals surface area contributed by atoms with Crippen molar-refractivity contribution in [1.29, 1.82) is 0 Å². The van der Waals surface area contributed by atoms with Gasteiger partial charge in [-0.05, 0) is 84.5 Å². The summed E-state index contributed by atoms with van der Waals surface area (Å²) < 4.78 is 7.99. The quantitative estimate of drug-likeness (QED) is 0.192. The number of carboxylic acid groups (broad SMARTS) is 1. The average molecular weight is 553 g/mol. The second kappa shape index (κ2) is 12.5. The molecule has 6 nitrogen and oxygen atoms in total. The minimum absolute atomic E-state index is 0.255. The summed E-state index contributed by atoms with van der Waals surface area (Å²) in [5.74, 6) is 0.116. The summed E-state index contributed by atoms with van der Waals surface area (Å²) in [5.41, 5.74) is 6.23. The van der Waals surface area contributed by atoms with Gasteiger partial charge in [-0.3, -0.25) is 0 Å². The lowest BCUT2D eigenvalue weighted by Crippen LogP contribution is -2.17. The van der Waals surface area contributed by atoms with Gasteiger partial charge in [-0.1, -0.05) is 61.3 Å². The number of nitrogens with zero attached hydrogens (tertiary/aromatic N) is 2. The molecule has 38 heavy (non-hydrogen) atoms. The Labute approximate surface area is 233 Å². The second-order valence-corrected chi connectivity index (χ2v) is 10.3. The van der Waals surface area contributed by atoms with E-state index in [9.17, 15) is 4.79 Å². The molecular formula is C30H31Cl2N3O3. The van der Waals surface area contributed by atoms with Crippen LogP contribution in [0.5, 0.6) is 5.75 Å². The molecule has 2 N–H and O–H groups in total. The zero-order valence-electron chi connectivity index (χ0n) is 21.7. The summed E-state index contributed by atoms with van der Waals surface area (Å²) in [7, 11) is 0. The van der Waals surface area contributed by atoms with Gasteiger partial charge in [0.1, 0.15) is 18.0 Å². The highest BCUT2D eigenvalue weighted by Gasteiger charge is 2.19. The number of halogens is 2. The van der Waals surface area contributed by atoms with Crippen LogP contribution in [0.25, 0.3) is 5.69 Å². The van der Waals surface area contributed by atoms with E-state index < -0.39 is 5.97 Å². The Kier molecular flexibility index (Phi) is 9.10. The third kappa shape index (κ3) is 6.57. The molecule has 0 aliphatic carbocycles. The first-order valence-corrected chi connectivity index (χ1v) is 13.3. The summed E-state index contributed by atoms with van der Waals surface area (Å²) in [6.45, 7) is 8.07. The predicted molar refractivity (Wildman–Crippen MR) is 152 cm³/mol. The first-order valence-electron chi connectivity index (χ1n) is 12.5. The van der Waals surface area contributed by atoms with Gasteiger partial charge in [-0.2, -0.15) is 5.10 Å². The summed E-state index contributed by atoms with van der Waals surface area (Å²) in [6.07, 6.45) is 2.60. The molecule has 8 heteroatoms. The Bertz CT molecular complexity index is 1410. The van der Waals surface area contributed by atoms with Gasteiger partial charge >= 0.3 is 5.97 Å². The van der Waals surface area contributed by atoms with Gasteiger partial charge in [-0.15, -0.1) is 0 Å². The largest absolute Gasteiger partial charge is 0.487 e. The van der Waals surface area contributed by atoms with Crippen LogP contribution in [0.1, 0.15) is 58.1 Å². The van der Waals surface area contributed by atoms with Gasteiger partial charge in [0.15, 0.2) is 0 Å². The van der Waals surface area contributed by atoms with Crippen molar-refractivity contribution < 1.29 is 14.6 Å². The fraction of sp³-hybridized carbons (Fsp3) is 0.267. The maximum atomic E-state index is 11.2. The van der Waals surface area contributed by atoms with Crippen LogP contribution in [-0.4, -0.2) is 27.4 Å². The van der Waals surface area contributed by atoms with E-state index in [1.165, 1.54) is 5.56 Å². The lowest BCUT2D eigenvalue weighted by atomic mass is 10.0. The number of carboxylic acids is 1.